The zero-order valence-electron chi connectivity index (χ0n) is 17.9. The summed E-state index contributed by atoms with van der Waals surface area (Å²) in [4.78, 5) is 20.2. The first-order chi connectivity index (χ1) is 15.0. The van der Waals surface area contributed by atoms with E-state index in [4.69, 9.17) is 16.3 Å². The Labute approximate surface area is 190 Å². The maximum Gasteiger partial charge on any atom is 0.322 e. The molecule has 0 aliphatic carbocycles. The molecule has 0 aliphatic heterocycles. The average molecular weight is 480 g/mol. The average Bonchev–Trinajstić information content (AvgIpc) is 2.71. The molecular formula is C22H23ClFN3O4S. The van der Waals surface area contributed by atoms with Gasteiger partial charge in [0.25, 0.3) is 0 Å². The van der Waals surface area contributed by atoms with E-state index < -0.39 is 15.7 Å². The molecule has 1 aromatic carbocycles. The molecule has 0 aliphatic rings. The molecule has 7 nitrogen and oxygen atoms in total. The van der Waals surface area contributed by atoms with Crippen molar-refractivity contribution in [2.75, 3.05) is 5.75 Å². The molecule has 10 heteroatoms. The summed E-state index contributed by atoms with van der Waals surface area (Å²) in [5.74, 6) is -1.06. The molecule has 0 amide bonds. The molecule has 0 atom stereocenters. The Bertz CT molecular complexity index is 1270. The number of pyridine rings is 1. The van der Waals surface area contributed by atoms with Crippen molar-refractivity contribution in [3.8, 4) is 23.0 Å². The first-order valence-corrected chi connectivity index (χ1v) is 12.1. The molecule has 0 unspecified atom stereocenters. The maximum atomic E-state index is 14.2. The fraction of sp³-hybridized carbons (Fsp3) is 0.318. The fourth-order valence-electron chi connectivity index (χ4n) is 2.87. The van der Waals surface area contributed by atoms with Crippen molar-refractivity contribution in [2.24, 2.45) is 13.0 Å². The van der Waals surface area contributed by atoms with E-state index >= 15 is 0 Å². The van der Waals surface area contributed by atoms with Gasteiger partial charge in [-0.3, -0.25) is 4.79 Å². The van der Waals surface area contributed by atoms with Gasteiger partial charge in [0.2, 0.25) is 5.56 Å². The topological polar surface area (TPSA) is 91.2 Å². The van der Waals surface area contributed by atoms with E-state index in [9.17, 15) is 17.6 Å². The lowest BCUT2D eigenvalue weighted by Crippen LogP contribution is -2.15. The van der Waals surface area contributed by atoms with Gasteiger partial charge in [0.05, 0.1) is 27.9 Å². The summed E-state index contributed by atoms with van der Waals surface area (Å²) in [6, 6.07) is 8.24. The first-order valence-electron chi connectivity index (χ1n) is 9.91. The number of para-hydroxylation sites is 1. The van der Waals surface area contributed by atoms with Gasteiger partial charge in [-0.2, -0.15) is 9.97 Å². The molecule has 3 aromatic rings. The second-order valence-corrected chi connectivity index (χ2v) is 10.4. The number of sulfone groups is 1. The zero-order valence-corrected chi connectivity index (χ0v) is 19.5. The molecule has 2 heterocycles. The van der Waals surface area contributed by atoms with Crippen LogP contribution in [0.2, 0.25) is 5.02 Å². The van der Waals surface area contributed by atoms with Crippen molar-refractivity contribution in [1.29, 1.82) is 0 Å². The molecule has 0 fully saturated rings. The summed E-state index contributed by atoms with van der Waals surface area (Å²) in [5.41, 5.74) is 0.843. The van der Waals surface area contributed by atoms with Gasteiger partial charge in [-0.1, -0.05) is 31.5 Å². The highest BCUT2D eigenvalue weighted by molar-refractivity contribution is 7.90. The van der Waals surface area contributed by atoms with Gasteiger partial charge in [-0.05, 0) is 36.6 Å². The second kappa shape index (κ2) is 9.79. The van der Waals surface area contributed by atoms with Crippen LogP contribution in [0.4, 0.5) is 4.39 Å². The Morgan fingerprint density at radius 3 is 2.59 bits per heavy atom. The van der Waals surface area contributed by atoms with Crippen molar-refractivity contribution in [1.82, 2.24) is 14.5 Å². The van der Waals surface area contributed by atoms with E-state index in [1.807, 2.05) is 13.8 Å². The number of hydrogen-bond acceptors (Lipinski definition) is 6. The van der Waals surface area contributed by atoms with Crippen molar-refractivity contribution < 1.29 is 17.5 Å². The number of ether oxygens (including phenoxy) is 1. The fourth-order valence-corrected chi connectivity index (χ4v) is 4.65. The van der Waals surface area contributed by atoms with E-state index in [2.05, 4.69) is 9.97 Å². The van der Waals surface area contributed by atoms with Crippen LogP contribution < -0.4 is 10.3 Å². The second-order valence-electron chi connectivity index (χ2n) is 7.82. The number of halogens is 2. The van der Waals surface area contributed by atoms with Crippen LogP contribution in [0, 0.1) is 11.7 Å². The van der Waals surface area contributed by atoms with Crippen molar-refractivity contribution in [2.45, 2.75) is 26.0 Å². The molecular weight excluding hydrogens is 457 g/mol. The van der Waals surface area contributed by atoms with Gasteiger partial charge in [-0.25, -0.2) is 12.8 Å². The minimum Gasteiger partial charge on any atom is -0.420 e. The summed E-state index contributed by atoms with van der Waals surface area (Å²) in [7, 11) is -1.87. The van der Waals surface area contributed by atoms with Crippen molar-refractivity contribution in [3.63, 3.8) is 0 Å². The number of aromatic nitrogens is 3. The monoisotopic (exact) mass is 479 g/mol. The summed E-state index contributed by atoms with van der Waals surface area (Å²) >= 11 is 6.04. The van der Waals surface area contributed by atoms with Crippen LogP contribution in [0.5, 0.6) is 11.8 Å². The van der Waals surface area contributed by atoms with Gasteiger partial charge in [0.15, 0.2) is 21.4 Å². The molecule has 170 valence electrons. The lowest BCUT2D eigenvalue weighted by Gasteiger charge is -2.12. The summed E-state index contributed by atoms with van der Waals surface area (Å²) < 4.78 is 46.3. The lowest BCUT2D eigenvalue weighted by atomic mass is 10.2. The molecule has 0 spiro atoms. The molecule has 0 radical (unpaired) electrons. The van der Waals surface area contributed by atoms with Crippen LogP contribution in [-0.4, -0.2) is 28.7 Å². The number of aryl methyl sites for hydroxylation is 1. The normalized spacial score (nSPS) is 11.7. The van der Waals surface area contributed by atoms with Gasteiger partial charge >= 0.3 is 6.01 Å². The Hall–Kier alpha value is -2.78. The highest BCUT2D eigenvalue weighted by Crippen LogP contribution is 2.31. The Balaban J connectivity index is 2.05. The zero-order chi connectivity index (χ0) is 23.5. The van der Waals surface area contributed by atoms with Crippen LogP contribution in [0.3, 0.4) is 0 Å². The molecule has 0 N–H and O–H groups in total. The Kier molecular flexibility index (Phi) is 7.30. The Morgan fingerprint density at radius 1 is 1.19 bits per heavy atom. The third kappa shape index (κ3) is 6.14. The van der Waals surface area contributed by atoms with Crippen LogP contribution in [0.25, 0.3) is 11.3 Å². The molecule has 32 heavy (non-hydrogen) atoms. The predicted octanol–water partition coefficient (Wildman–Crippen LogP) is 4.39. The lowest BCUT2D eigenvalue weighted by molar-refractivity contribution is 0.410. The van der Waals surface area contributed by atoms with E-state index in [1.165, 1.54) is 34.9 Å². The highest BCUT2D eigenvalue weighted by atomic mass is 35.5. The van der Waals surface area contributed by atoms with E-state index in [-0.39, 0.29) is 45.5 Å². The van der Waals surface area contributed by atoms with E-state index in [1.54, 1.807) is 19.3 Å². The smallest absolute Gasteiger partial charge is 0.322 e. The maximum absolute atomic E-state index is 14.2. The number of benzene rings is 1. The number of nitrogens with zero attached hydrogens (tertiary/aromatic N) is 3. The number of rotatable bonds is 8. The largest absolute Gasteiger partial charge is 0.420 e. The quantitative estimate of drug-likeness (QED) is 0.476. The SMILES string of the molecule is CC(C)CCS(=O)(=O)Cc1cc(-c2ccc(=O)n(C)c2)nc(Oc2c(F)cccc2Cl)n1. The van der Waals surface area contributed by atoms with Crippen molar-refractivity contribution in [3.05, 3.63) is 69.5 Å². The van der Waals surface area contributed by atoms with Gasteiger partial charge in [-0.15, -0.1) is 0 Å². The van der Waals surface area contributed by atoms with E-state index in [0.717, 1.165) is 0 Å². The van der Waals surface area contributed by atoms with E-state index in [0.29, 0.717) is 17.7 Å². The third-order valence-corrected chi connectivity index (χ3v) is 6.52. The minimum atomic E-state index is -3.45. The minimum absolute atomic E-state index is 0.0131. The predicted molar refractivity (Wildman–Crippen MR) is 121 cm³/mol. The van der Waals surface area contributed by atoms with Crippen molar-refractivity contribution >= 4 is 21.4 Å². The van der Waals surface area contributed by atoms with Crippen LogP contribution in [-0.2, 0) is 22.6 Å². The molecule has 0 saturated heterocycles. The molecule has 2 aromatic heterocycles. The van der Waals surface area contributed by atoms with Crippen LogP contribution in [0.15, 0.2) is 47.4 Å². The molecule has 3 rings (SSSR count). The molecule has 0 bridgehead atoms. The summed E-state index contributed by atoms with van der Waals surface area (Å²) in [5, 5.41) is 0.0206. The van der Waals surface area contributed by atoms with Gasteiger partial charge in [0.1, 0.15) is 0 Å². The highest BCUT2D eigenvalue weighted by Gasteiger charge is 2.19. The number of hydrogen-bond donors (Lipinski definition) is 0. The summed E-state index contributed by atoms with van der Waals surface area (Å²) in [6.07, 6.45) is 2.08. The summed E-state index contributed by atoms with van der Waals surface area (Å²) in [6.45, 7) is 3.89. The van der Waals surface area contributed by atoms with Crippen LogP contribution >= 0.6 is 11.6 Å². The Morgan fingerprint density at radius 2 is 1.94 bits per heavy atom. The first kappa shape index (κ1) is 23.9. The molecule has 0 saturated carbocycles. The van der Waals surface area contributed by atoms with Gasteiger partial charge in [0, 0.05) is 24.9 Å². The van der Waals surface area contributed by atoms with Gasteiger partial charge < -0.3 is 9.30 Å². The third-order valence-electron chi connectivity index (χ3n) is 4.63. The standard InChI is InChI=1S/C22H23ClFN3O4S/c1-14(2)9-10-32(29,30)13-16-11-19(15-7-8-20(28)27(3)12-15)26-22(25-16)31-21-17(23)5-4-6-18(21)24/h4-8,11-12,14H,9-10,13H2,1-3H3. The van der Waals surface area contributed by atoms with Crippen LogP contribution in [0.1, 0.15) is 26.0 Å².